The Morgan fingerprint density at radius 3 is 2.47 bits per heavy atom. The topological polar surface area (TPSA) is 45.5 Å². The molecular weight excluding hydrogens is 320 g/mol. The molecule has 2 heterocycles. The van der Waals surface area contributed by atoms with Gasteiger partial charge < -0.3 is 5.11 Å². The van der Waals surface area contributed by atoms with Gasteiger partial charge in [-0.15, -0.1) is 11.3 Å². The number of nitrogens with zero attached hydrogens (tertiary/aromatic N) is 2. The van der Waals surface area contributed by atoms with Crippen molar-refractivity contribution in [2.45, 2.75) is 20.4 Å². The van der Waals surface area contributed by atoms with Gasteiger partial charge >= 0.3 is 0 Å². The fourth-order valence-corrected chi connectivity index (χ4v) is 4.50. The highest BCUT2D eigenvalue weighted by Crippen LogP contribution is 2.36. The molecule has 102 valence electrons. The minimum atomic E-state index is -0.112. The first-order valence-electron chi connectivity index (χ1n) is 5.67. The maximum atomic E-state index is 12.1. The largest absolute Gasteiger partial charge is 0.493 e. The number of thioether (sulfide) groups is 1. The normalized spacial score (nSPS) is 17.8. The zero-order valence-electron chi connectivity index (χ0n) is 10.4. The Bertz CT molecular complexity index is 629. The zero-order chi connectivity index (χ0) is 14.2. The van der Waals surface area contributed by atoms with Crippen LogP contribution < -0.4 is 0 Å². The number of aromatic nitrogens is 1. The van der Waals surface area contributed by atoms with E-state index in [-0.39, 0.29) is 11.8 Å². The lowest BCUT2D eigenvalue weighted by molar-refractivity contribution is -0.121. The number of carbonyl (C=O) groups is 1. The van der Waals surface area contributed by atoms with E-state index in [2.05, 4.69) is 0 Å². The SMILES string of the molecule is CCN1C(=O)/C(=C/c2sc(=S)n(CC)c2O)SC1=S. The van der Waals surface area contributed by atoms with Gasteiger partial charge in [0.05, 0.1) is 9.78 Å². The quantitative estimate of drug-likeness (QED) is 0.680. The van der Waals surface area contributed by atoms with E-state index < -0.39 is 0 Å². The number of carbonyl (C=O) groups excluding carboxylic acids is 1. The molecule has 0 saturated carbocycles. The molecule has 1 aliphatic rings. The third-order valence-corrected chi connectivity index (χ3v) is 5.43. The second-order valence-corrected chi connectivity index (χ2v) is 7.08. The average molecular weight is 332 g/mol. The number of aromatic hydroxyl groups is 1. The van der Waals surface area contributed by atoms with Crippen molar-refractivity contribution in [1.82, 2.24) is 9.47 Å². The lowest BCUT2D eigenvalue weighted by atomic mass is 10.4. The molecular formula is C11H12N2O2S4. The molecule has 1 amide bonds. The van der Waals surface area contributed by atoms with E-state index in [0.29, 0.717) is 31.1 Å². The van der Waals surface area contributed by atoms with E-state index >= 15 is 0 Å². The standard InChI is InChI=1S/C11H12N2O2S4/c1-3-12-8(14)6(18-10(12)16)5-7-9(15)13(4-2)11(17)19-7/h5,14H,3-4H2,1-2H3/b7-5-. The maximum absolute atomic E-state index is 12.1. The monoisotopic (exact) mass is 332 g/mol. The Kier molecular flexibility index (Phi) is 4.44. The molecule has 0 aliphatic carbocycles. The van der Waals surface area contributed by atoms with Crippen LogP contribution in [0, 0.1) is 3.95 Å². The van der Waals surface area contributed by atoms with Gasteiger partial charge in [0.2, 0.25) is 5.88 Å². The summed E-state index contributed by atoms with van der Waals surface area (Å²) in [6, 6.07) is 0. The summed E-state index contributed by atoms with van der Waals surface area (Å²) in [4.78, 5) is 14.7. The van der Waals surface area contributed by atoms with Crippen LogP contribution >= 0.6 is 47.5 Å². The van der Waals surface area contributed by atoms with Crippen molar-refractivity contribution < 1.29 is 9.90 Å². The predicted octanol–water partition coefficient (Wildman–Crippen LogP) is 3.23. The molecule has 0 unspecified atom stereocenters. The fraction of sp³-hybridized carbons (Fsp3) is 0.364. The summed E-state index contributed by atoms with van der Waals surface area (Å²) in [7, 11) is 0. The third kappa shape index (κ3) is 2.62. The van der Waals surface area contributed by atoms with Crippen molar-refractivity contribution in [3.05, 3.63) is 13.7 Å². The number of likely N-dealkylation sites (N-methyl/N-ethyl adjacent to an activating group) is 1. The summed E-state index contributed by atoms with van der Waals surface area (Å²) in [5.74, 6) is -0.00136. The minimum absolute atomic E-state index is 0.110. The van der Waals surface area contributed by atoms with Crippen LogP contribution in [-0.4, -0.2) is 31.3 Å². The van der Waals surface area contributed by atoms with Gasteiger partial charge in [-0.1, -0.05) is 24.0 Å². The first-order chi connectivity index (χ1) is 8.99. The van der Waals surface area contributed by atoms with Gasteiger partial charge in [0.25, 0.3) is 5.91 Å². The molecule has 0 radical (unpaired) electrons. The predicted molar refractivity (Wildman–Crippen MR) is 86.0 cm³/mol. The highest BCUT2D eigenvalue weighted by atomic mass is 32.2. The molecule has 8 heteroatoms. The summed E-state index contributed by atoms with van der Waals surface area (Å²) in [6.07, 6.45) is 1.66. The summed E-state index contributed by atoms with van der Waals surface area (Å²) in [5, 5.41) is 10.0. The lowest BCUT2D eigenvalue weighted by Crippen LogP contribution is -2.27. The molecule has 1 N–H and O–H groups in total. The summed E-state index contributed by atoms with van der Waals surface area (Å²) < 4.78 is 2.78. The van der Waals surface area contributed by atoms with E-state index in [1.807, 2.05) is 13.8 Å². The van der Waals surface area contributed by atoms with Crippen molar-refractivity contribution in [3.63, 3.8) is 0 Å². The first-order valence-corrected chi connectivity index (χ1v) is 8.12. The van der Waals surface area contributed by atoms with E-state index in [1.165, 1.54) is 23.1 Å². The van der Waals surface area contributed by atoms with Crippen molar-refractivity contribution in [2.75, 3.05) is 6.54 Å². The second kappa shape index (κ2) is 5.74. The van der Waals surface area contributed by atoms with E-state index in [4.69, 9.17) is 24.4 Å². The Balaban J connectivity index is 2.41. The van der Waals surface area contributed by atoms with E-state index in [9.17, 15) is 9.90 Å². The Morgan fingerprint density at radius 1 is 1.32 bits per heavy atom. The Hall–Kier alpha value is -0.700. The maximum Gasteiger partial charge on any atom is 0.266 e. The molecule has 2 rings (SSSR count). The Morgan fingerprint density at radius 2 is 2.00 bits per heavy atom. The van der Waals surface area contributed by atoms with Crippen LogP contribution in [0.15, 0.2) is 4.91 Å². The van der Waals surface area contributed by atoms with E-state index in [0.717, 1.165) is 0 Å². The number of hydrogen-bond donors (Lipinski definition) is 1. The molecule has 0 bridgehead atoms. The van der Waals surface area contributed by atoms with Crippen LogP contribution in [0.4, 0.5) is 0 Å². The molecule has 19 heavy (non-hydrogen) atoms. The number of thiocarbonyl (C=S) groups is 1. The van der Waals surface area contributed by atoms with Crippen molar-refractivity contribution in [2.24, 2.45) is 0 Å². The molecule has 1 aromatic rings. The van der Waals surface area contributed by atoms with Crippen LogP contribution in [0.1, 0.15) is 18.7 Å². The highest BCUT2D eigenvalue weighted by Gasteiger charge is 2.31. The van der Waals surface area contributed by atoms with Crippen LogP contribution in [0.5, 0.6) is 5.88 Å². The molecule has 1 aliphatic heterocycles. The Labute approximate surface area is 129 Å². The first kappa shape index (κ1) is 14.7. The van der Waals surface area contributed by atoms with Crippen LogP contribution in [0.2, 0.25) is 0 Å². The van der Waals surface area contributed by atoms with Crippen molar-refractivity contribution >= 4 is 63.8 Å². The van der Waals surface area contributed by atoms with Crippen molar-refractivity contribution in [1.29, 1.82) is 0 Å². The average Bonchev–Trinajstić information content (AvgIpc) is 2.78. The van der Waals surface area contributed by atoms with Gasteiger partial charge in [-0.05, 0) is 32.1 Å². The molecule has 1 saturated heterocycles. The van der Waals surface area contributed by atoms with Gasteiger partial charge in [0, 0.05) is 13.1 Å². The molecule has 0 aromatic carbocycles. The third-order valence-electron chi connectivity index (χ3n) is 2.66. The van der Waals surface area contributed by atoms with Gasteiger partial charge in [-0.2, -0.15) is 0 Å². The van der Waals surface area contributed by atoms with Crippen molar-refractivity contribution in [3.8, 4) is 5.88 Å². The minimum Gasteiger partial charge on any atom is -0.493 e. The number of hydrogen-bond acceptors (Lipinski definition) is 6. The van der Waals surface area contributed by atoms with Gasteiger partial charge in [-0.3, -0.25) is 14.3 Å². The van der Waals surface area contributed by atoms with Gasteiger partial charge in [-0.25, -0.2) is 0 Å². The van der Waals surface area contributed by atoms with E-state index in [1.54, 1.807) is 15.5 Å². The molecule has 1 aromatic heterocycles. The molecule has 0 spiro atoms. The molecule has 1 fully saturated rings. The highest BCUT2D eigenvalue weighted by molar-refractivity contribution is 8.26. The van der Waals surface area contributed by atoms with Gasteiger partial charge in [0.15, 0.2) is 3.95 Å². The number of thiazole rings is 1. The summed E-state index contributed by atoms with van der Waals surface area (Å²) in [5.41, 5.74) is 0. The van der Waals surface area contributed by atoms with Gasteiger partial charge in [0.1, 0.15) is 4.32 Å². The molecule has 0 atom stereocenters. The zero-order valence-corrected chi connectivity index (χ0v) is 13.6. The number of amides is 1. The number of rotatable bonds is 3. The second-order valence-electron chi connectivity index (χ2n) is 3.73. The smallest absolute Gasteiger partial charge is 0.266 e. The molecule has 4 nitrogen and oxygen atoms in total. The van der Waals surface area contributed by atoms with Crippen LogP contribution in [0.3, 0.4) is 0 Å². The van der Waals surface area contributed by atoms with Crippen LogP contribution in [-0.2, 0) is 11.3 Å². The van der Waals surface area contributed by atoms with Crippen LogP contribution in [0.25, 0.3) is 6.08 Å². The summed E-state index contributed by atoms with van der Waals surface area (Å²) in [6.45, 7) is 4.94. The fourth-order valence-electron chi connectivity index (χ4n) is 1.68. The summed E-state index contributed by atoms with van der Waals surface area (Å²) >= 11 is 12.8. The lowest BCUT2D eigenvalue weighted by Gasteiger charge is -2.09.